The molecule has 0 aliphatic carbocycles. The lowest BCUT2D eigenvalue weighted by atomic mass is 9.91. The number of carbonyl (C=O) groups excluding carboxylic acids is 3. The molecule has 1 N–H and O–H groups in total. The van der Waals surface area contributed by atoms with E-state index in [1.165, 1.54) is 23.1 Å². The van der Waals surface area contributed by atoms with E-state index in [1.54, 1.807) is 67.8 Å². The third-order valence-corrected chi connectivity index (χ3v) is 6.41. The number of urea groups is 1. The predicted molar refractivity (Wildman–Crippen MR) is 126 cm³/mol. The first kappa shape index (κ1) is 23.1. The first-order valence-electron chi connectivity index (χ1n) is 11.1. The number of tetrazole rings is 1. The van der Waals surface area contributed by atoms with Crippen molar-refractivity contribution in [2.75, 3.05) is 6.54 Å². The van der Waals surface area contributed by atoms with Gasteiger partial charge >= 0.3 is 6.03 Å². The van der Waals surface area contributed by atoms with E-state index in [4.69, 9.17) is 0 Å². The molecule has 3 heterocycles. The molecule has 1 atom stereocenters. The van der Waals surface area contributed by atoms with Gasteiger partial charge in [-0.05, 0) is 73.2 Å². The number of rotatable bonds is 6. The summed E-state index contributed by atoms with van der Waals surface area (Å²) >= 11 is 0. The quantitative estimate of drug-likeness (QED) is 0.330. The maximum Gasteiger partial charge on any atom is 0.325 e. The molecule has 2 aromatic heterocycles. The summed E-state index contributed by atoms with van der Waals surface area (Å²) in [5, 5.41) is 13.8. The van der Waals surface area contributed by atoms with E-state index >= 15 is 0 Å². The fourth-order valence-electron chi connectivity index (χ4n) is 4.56. The van der Waals surface area contributed by atoms with Crippen molar-refractivity contribution in [3.63, 3.8) is 0 Å². The van der Waals surface area contributed by atoms with Crippen LogP contribution in [0.25, 0.3) is 11.4 Å². The van der Waals surface area contributed by atoms with Gasteiger partial charge in [0.25, 0.3) is 5.91 Å². The van der Waals surface area contributed by atoms with Crippen molar-refractivity contribution in [3.05, 3.63) is 89.3 Å². The zero-order valence-electron chi connectivity index (χ0n) is 19.8. The van der Waals surface area contributed by atoms with Crippen molar-refractivity contribution in [2.45, 2.75) is 26.3 Å². The fourth-order valence-corrected chi connectivity index (χ4v) is 4.56. The van der Waals surface area contributed by atoms with E-state index in [0.29, 0.717) is 28.2 Å². The zero-order valence-corrected chi connectivity index (χ0v) is 19.8. The Labute approximate surface area is 205 Å². The van der Waals surface area contributed by atoms with Gasteiger partial charge in [-0.2, -0.15) is 0 Å². The molecule has 5 rings (SSSR count). The predicted octanol–water partition coefficient (Wildman–Crippen LogP) is 2.86. The first-order chi connectivity index (χ1) is 17.2. The lowest BCUT2D eigenvalue weighted by Crippen LogP contribution is -2.41. The largest absolute Gasteiger partial charge is 0.325 e. The lowest BCUT2D eigenvalue weighted by Gasteiger charge is -2.22. The second kappa shape index (κ2) is 8.52. The molecule has 0 bridgehead atoms. The van der Waals surface area contributed by atoms with Crippen LogP contribution in [0.3, 0.4) is 0 Å². The summed E-state index contributed by atoms with van der Waals surface area (Å²) < 4.78 is 17.0. The van der Waals surface area contributed by atoms with Crippen molar-refractivity contribution in [3.8, 4) is 11.4 Å². The SMILES string of the molecule is Cc1cc(C(=O)CN2C(=O)NC(C)(c3cccc(-n4cnnn4)c3)C2=O)c(C)n1-c1cccc(F)c1. The minimum Gasteiger partial charge on any atom is -0.319 e. The van der Waals surface area contributed by atoms with Crippen molar-refractivity contribution in [1.29, 1.82) is 0 Å². The van der Waals surface area contributed by atoms with Gasteiger partial charge in [-0.25, -0.2) is 13.9 Å². The summed E-state index contributed by atoms with van der Waals surface area (Å²) in [6.45, 7) is 4.70. The maximum atomic E-state index is 13.8. The Kier molecular flexibility index (Phi) is 5.47. The lowest BCUT2D eigenvalue weighted by molar-refractivity contribution is -0.130. The standard InChI is InChI=1S/C25H22FN7O3/c1-15-10-21(16(2)33(15)20-9-5-7-18(26)12-20)22(34)13-31-23(35)25(3,28-24(31)36)17-6-4-8-19(11-17)32-14-27-29-30-32/h4-12,14H,13H2,1-3H3,(H,28,36). The molecule has 182 valence electrons. The molecule has 0 radical (unpaired) electrons. The normalized spacial score (nSPS) is 17.5. The number of nitrogens with zero attached hydrogens (tertiary/aromatic N) is 6. The zero-order chi connectivity index (χ0) is 25.6. The van der Waals surface area contributed by atoms with Crippen LogP contribution in [0, 0.1) is 19.7 Å². The van der Waals surface area contributed by atoms with Crippen LogP contribution in [0.15, 0.2) is 60.9 Å². The molecule has 11 heteroatoms. The molecule has 0 saturated carbocycles. The molecule has 1 aliphatic heterocycles. The van der Waals surface area contributed by atoms with E-state index in [9.17, 15) is 18.8 Å². The van der Waals surface area contributed by atoms with Crippen LogP contribution in [0.4, 0.5) is 9.18 Å². The molecule has 4 aromatic rings. The number of carbonyl (C=O) groups is 3. The number of ketones is 1. The van der Waals surface area contributed by atoms with Gasteiger partial charge in [0, 0.05) is 22.6 Å². The van der Waals surface area contributed by atoms with Crippen molar-refractivity contribution in [1.82, 2.24) is 35.0 Å². The summed E-state index contributed by atoms with van der Waals surface area (Å²) in [6.07, 6.45) is 1.42. The number of imide groups is 1. The highest BCUT2D eigenvalue weighted by atomic mass is 19.1. The Morgan fingerprint density at radius 3 is 2.53 bits per heavy atom. The number of nitrogens with one attached hydrogen (secondary N) is 1. The summed E-state index contributed by atoms with van der Waals surface area (Å²) in [5.74, 6) is -1.34. The topological polar surface area (TPSA) is 115 Å². The average Bonchev–Trinajstić information content (AvgIpc) is 3.54. The third kappa shape index (κ3) is 3.74. The third-order valence-electron chi connectivity index (χ3n) is 6.41. The Hall–Kier alpha value is -4.67. The second-order valence-electron chi connectivity index (χ2n) is 8.77. The summed E-state index contributed by atoms with van der Waals surface area (Å²) in [6, 6.07) is 14.0. The van der Waals surface area contributed by atoms with Gasteiger partial charge in [0.1, 0.15) is 17.7 Å². The molecular formula is C25H22FN7O3. The Balaban J connectivity index is 1.41. The van der Waals surface area contributed by atoms with Crippen molar-refractivity contribution < 1.29 is 18.8 Å². The molecule has 1 saturated heterocycles. The summed E-state index contributed by atoms with van der Waals surface area (Å²) in [5.41, 5.74) is 2.00. The fraction of sp³-hybridized carbons (Fsp3) is 0.200. The highest BCUT2D eigenvalue weighted by Gasteiger charge is 2.49. The van der Waals surface area contributed by atoms with Crippen LogP contribution >= 0.6 is 0 Å². The molecular weight excluding hydrogens is 465 g/mol. The minimum absolute atomic E-state index is 0.353. The smallest absolute Gasteiger partial charge is 0.319 e. The van der Waals surface area contributed by atoms with E-state index in [2.05, 4.69) is 20.8 Å². The maximum absolute atomic E-state index is 13.8. The van der Waals surface area contributed by atoms with Gasteiger partial charge in [-0.3, -0.25) is 14.5 Å². The monoisotopic (exact) mass is 487 g/mol. The number of hydrogen-bond donors (Lipinski definition) is 1. The Morgan fingerprint density at radius 2 is 1.81 bits per heavy atom. The van der Waals surface area contributed by atoms with Gasteiger partial charge in [-0.15, -0.1) is 5.10 Å². The average molecular weight is 487 g/mol. The van der Waals surface area contributed by atoms with Crippen LogP contribution in [0.2, 0.25) is 0 Å². The molecule has 2 aromatic carbocycles. The van der Waals surface area contributed by atoms with Crippen LogP contribution < -0.4 is 5.32 Å². The van der Waals surface area contributed by atoms with Gasteiger partial charge in [0.05, 0.1) is 12.2 Å². The van der Waals surface area contributed by atoms with E-state index in [-0.39, 0.29) is 0 Å². The van der Waals surface area contributed by atoms with E-state index in [1.807, 2.05) is 0 Å². The summed E-state index contributed by atoms with van der Waals surface area (Å²) in [7, 11) is 0. The number of benzene rings is 2. The Morgan fingerprint density at radius 1 is 1.06 bits per heavy atom. The molecule has 1 fully saturated rings. The number of aromatic nitrogens is 5. The number of hydrogen-bond acceptors (Lipinski definition) is 6. The molecule has 3 amide bonds. The summed E-state index contributed by atoms with van der Waals surface area (Å²) in [4.78, 5) is 40.4. The van der Waals surface area contributed by atoms with Crippen LogP contribution in [0.5, 0.6) is 0 Å². The van der Waals surface area contributed by atoms with E-state index < -0.39 is 35.6 Å². The molecule has 1 unspecified atom stereocenters. The van der Waals surface area contributed by atoms with Crippen LogP contribution in [0.1, 0.15) is 34.2 Å². The number of amides is 3. The van der Waals surface area contributed by atoms with Crippen LogP contribution in [-0.4, -0.2) is 53.9 Å². The highest BCUT2D eigenvalue weighted by molar-refractivity contribution is 6.11. The molecule has 0 spiro atoms. The van der Waals surface area contributed by atoms with Crippen molar-refractivity contribution >= 4 is 17.7 Å². The molecule has 1 aliphatic rings. The molecule has 36 heavy (non-hydrogen) atoms. The molecule has 10 nitrogen and oxygen atoms in total. The number of aryl methyl sites for hydroxylation is 1. The number of halogens is 1. The van der Waals surface area contributed by atoms with E-state index in [0.717, 1.165) is 10.6 Å². The second-order valence-corrected chi connectivity index (χ2v) is 8.77. The van der Waals surface area contributed by atoms with Gasteiger partial charge < -0.3 is 9.88 Å². The van der Waals surface area contributed by atoms with Gasteiger partial charge in [0.15, 0.2) is 5.78 Å². The first-order valence-corrected chi connectivity index (χ1v) is 11.1. The number of Topliss-reactive ketones (excluding diaryl/α,β-unsaturated/α-hetero) is 1. The Bertz CT molecular complexity index is 1510. The van der Waals surface area contributed by atoms with Gasteiger partial charge in [0.2, 0.25) is 0 Å². The minimum atomic E-state index is -1.38. The highest BCUT2D eigenvalue weighted by Crippen LogP contribution is 2.30. The van der Waals surface area contributed by atoms with Crippen molar-refractivity contribution in [2.24, 2.45) is 0 Å². The van der Waals surface area contributed by atoms with Crippen LogP contribution in [-0.2, 0) is 10.3 Å². The van der Waals surface area contributed by atoms with Gasteiger partial charge in [-0.1, -0.05) is 18.2 Å².